The van der Waals surface area contributed by atoms with Gasteiger partial charge in [-0.25, -0.2) is 14.2 Å². The second-order valence-electron chi connectivity index (χ2n) is 10.2. The minimum absolute atomic E-state index is 0.00534. The van der Waals surface area contributed by atoms with Crippen LogP contribution in [-0.4, -0.2) is 37.6 Å². The highest BCUT2D eigenvalue weighted by atomic mass is 127. The number of hydrogen-bond donors (Lipinski definition) is 0. The number of carbonyl (C=O) groups is 1. The van der Waals surface area contributed by atoms with Crippen molar-refractivity contribution in [2.75, 3.05) is 13.1 Å². The molecule has 0 spiro atoms. The number of fused-ring (bicyclic) bond motifs is 5. The van der Waals surface area contributed by atoms with Crippen LogP contribution in [0.15, 0.2) is 23.0 Å². The van der Waals surface area contributed by atoms with E-state index in [2.05, 4.69) is 34.4 Å². The highest BCUT2D eigenvalue weighted by Crippen LogP contribution is 2.40. The fraction of sp³-hybridized carbons (Fsp3) is 0.444. The van der Waals surface area contributed by atoms with Crippen molar-refractivity contribution in [1.29, 1.82) is 0 Å². The number of cyclic esters (lactones) is 1. The van der Waals surface area contributed by atoms with Gasteiger partial charge in [-0.3, -0.25) is 9.69 Å². The van der Waals surface area contributed by atoms with Crippen LogP contribution in [0.2, 0.25) is 5.02 Å². The summed E-state index contributed by atoms with van der Waals surface area (Å²) in [5.74, 6) is -0.310. The highest BCUT2D eigenvalue weighted by molar-refractivity contribution is 14.1. The summed E-state index contributed by atoms with van der Waals surface area (Å²) in [4.78, 5) is 33.5. The molecule has 6 rings (SSSR count). The SMILES string of the molecule is CC1CCN(Cc2c3c(nc4cc(Cl)c(F)cc24)-c2cc4c(c(=O)n2C3)COC(=O)[C@H]4OC(C)I)CC1. The van der Waals surface area contributed by atoms with Crippen LogP contribution in [0.1, 0.15) is 55.0 Å². The average molecular weight is 638 g/mol. The molecule has 7 nitrogen and oxygen atoms in total. The van der Waals surface area contributed by atoms with Gasteiger partial charge in [-0.1, -0.05) is 41.1 Å². The molecule has 0 amide bonds. The summed E-state index contributed by atoms with van der Waals surface area (Å²) in [5.41, 5.74) is 4.45. The number of halogens is 3. The van der Waals surface area contributed by atoms with E-state index >= 15 is 0 Å². The van der Waals surface area contributed by atoms with Crippen molar-refractivity contribution in [2.45, 2.75) is 56.6 Å². The number of carbonyl (C=O) groups excluding carboxylic acids is 1. The molecule has 10 heteroatoms. The molecule has 5 heterocycles. The number of hydrogen-bond acceptors (Lipinski definition) is 6. The fourth-order valence-electron chi connectivity index (χ4n) is 5.63. The predicted molar refractivity (Wildman–Crippen MR) is 146 cm³/mol. The van der Waals surface area contributed by atoms with E-state index in [1.54, 1.807) is 10.6 Å². The third kappa shape index (κ3) is 4.37. The van der Waals surface area contributed by atoms with Crippen LogP contribution in [-0.2, 0) is 34.0 Å². The molecular weight excluding hydrogens is 612 g/mol. The molecule has 3 aromatic rings. The zero-order valence-corrected chi connectivity index (χ0v) is 23.4. The molecule has 1 aromatic carbocycles. The molecule has 3 aliphatic heterocycles. The Hall–Kier alpha value is -2.08. The predicted octanol–water partition coefficient (Wildman–Crippen LogP) is 5.35. The van der Waals surface area contributed by atoms with Gasteiger partial charge in [0.25, 0.3) is 5.56 Å². The summed E-state index contributed by atoms with van der Waals surface area (Å²) in [6.07, 6.45) is 1.25. The van der Waals surface area contributed by atoms with Crippen LogP contribution in [0.4, 0.5) is 4.39 Å². The van der Waals surface area contributed by atoms with Crippen LogP contribution >= 0.6 is 34.2 Å². The quantitative estimate of drug-likeness (QED) is 0.171. The first-order chi connectivity index (χ1) is 17.7. The first-order valence-corrected chi connectivity index (χ1v) is 14.1. The number of ether oxygens (including phenoxy) is 2. The summed E-state index contributed by atoms with van der Waals surface area (Å²) in [7, 11) is 0. The Morgan fingerprint density at radius 3 is 2.73 bits per heavy atom. The molecule has 1 fully saturated rings. The fourth-order valence-corrected chi connectivity index (χ4v) is 6.08. The third-order valence-corrected chi connectivity index (χ3v) is 8.26. The van der Waals surface area contributed by atoms with Crippen LogP contribution in [0.3, 0.4) is 0 Å². The van der Waals surface area contributed by atoms with Crippen molar-refractivity contribution in [2.24, 2.45) is 5.92 Å². The Balaban J connectivity index is 1.54. The second-order valence-corrected chi connectivity index (χ2v) is 12.3. The Kier molecular flexibility index (Phi) is 6.53. The van der Waals surface area contributed by atoms with Gasteiger partial charge in [0.2, 0.25) is 0 Å². The van der Waals surface area contributed by atoms with E-state index in [1.165, 1.54) is 6.07 Å². The minimum Gasteiger partial charge on any atom is -0.458 e. The summed E-state index contributed by atoms with van der Waals surface area (Å²) in [6, 6.07) is 4.85. The molecule has 0 radical (unpaired) electrons. The van der Waals surface area contributed by atoms with Crippen molar-refractivity contribution in [3.05, 3.63) is 61.6 Å². The van der Waals surface area contributed by atoms with Gasteiger partial charge in [-0.15, -0.1) is 0 Å². The zero-order valence-electron chi connectivity index (χ0n) is 20.5. The van der Waals surface area contributed by atoms with Gasteiger partial charge in [0.05, 0.1) is 34.0 Å². The normalized spacial score (nSPS) is 20.5. The maximum atomic E-state index is 14.6. The molecule has 0 N–H and O–H groups in total. The Morgan fingerprint density at radius 1 is 1.24 bits per heavy atom. The van der Waals surface area contributed by atoms with Crippen molar-refractivity contribution in [3.63, 3.8) is 0 Å². The standard InChI is InChI=1S/C27H26ClFIN3O4/c1-13-3-5-32(6-4-13)10-17-15-7-21(29)20(28)9-22(15)31-24-18(17)11-33-23(24)8-16-19(26(33)34)12-36-27(35)25(16)37-14(2)30/h7-9,13-14,25H,3-6,10-12H2,1-2H3/t14?,25-/m0/s1. The summed E-state index contributed by atoms with van der Waals surface area (Å²) in [6.45, 7) is 6.89. The second kappa shape index (κ2) is 9.59. The van der Waals surface area contributed by atoms with E-state index in [4.69, 9.17) is 26.1 Å². The Labute approximate surface area is 232 Å². The maximum Gasteiger partial charge on any atom is 0.340 e. The molecule has 194 valence electrons. The van der Waals surface area contributed by atoms with Gasteiger partial charge < -0.3 is 14.0 Å². The number of piperidine rings is 1. The van der Waals surface area contributed by atoms with Gasteiger partial charge in [0, 0.05) is 23.1 Å². The molecule has 1 saturated heterocycles. The van der Waals surface area contributed by atoms with Crippen LogP contribution < -0.4 is 5.56 Å². The lowest BCUT2D eigenvalue weighted by Gasteiger charge is -2.31. The minimum atomic E-state index is -0.975. The van der Waals surface area contributed by atoms with Crippen LogP contribution in [0, 0.1) is 11.7 Å². The monoisotopic (exact) mass is 637 g/mol. The van der Waals surface area contributed by atoms with E-state index < -0.39 is 17.9 Å². The molecule has 2 aromatic heterocycles. The number of benzene rings is 1. The third-order valence-electron chi connectivity index (χ3n) is 7.68. The first kappa shape index (κ1) is 25.2. The van der Waals surface area contributed by atoms with Crippen molar-refractivity contribution < 1.29 is 18.7 Å². The lowest BCUT2D eigenvalue weighted by molar-refractivity contribution is -0.162. The van der Waals surface area contributed by atoms with Gasteiger partial charge in [0.15, 0.2) is 6.10 Å². The number of alkyl halides is 1. The lowest BCUT2D eigenvalue weighted by Crippen LogP contribution is -2.34. The Morgan fingerprint density at radius 2 is 2.00 bits per heavy atom. The molecule has 0 aliphatic carbocycles. The zero-order chi connectivity index (χ0) is 26.0. The van der Waals surface area contributed by atoms with E-state index in [9.17, 15) is 14.0 Å². The molecule has 3 aliphatic rings. The summed E-state index contributed by atoms with van der Waals surface area (Å²) >= 11 is 8.23. The molecular formula is C27H26ClFIN3O4. The van der Waals surface area contributed by atoms with Gasteiger partial charge in [-0.2, -0.15) is 0 Å². The first-order valence-electron chi connectivity index (χ1n) is 12.5. The van der Waals surface area contributed by atoms with Crippen molar-refractivity contribution >= 4 is 51.1 Å². The highest BCUT2D eigenvalue weighted by Gasteiger charge is 2.37. The number of likely N-dealkylation sites (tertiary alicyclic amines) is 1. The molecule has 2 atom stereocenters. The van der Waals surface area contributed by atoms with Gasteiger partial charge >= 0.3 is 5.97 Å². The van der Waals surface area contributed by atoms with Crippen LogP contribution in [0.25, 0.3) is 22.3 Å². The molecule has 0 bridgehead atoms. The summed E-state index contributed by atoms with van der Waals surface area (Å²) < 4.78 is 27.2. The largest absolute Gasteiger partial charge is 0.458 e. The number of pyridine rings is 2. The Bertz CT molecular complexity index is 1500. The van der Waals surface area contributed by atoms with Crippen molar-refractivity contribution in [3.8, 4) is 11.4 Å². The number of esters is 1. The van der Waals surface area contributed by atoms with E-state index in [0.29, 0.717) is 52.4 Å². The molecule has 0 saturated carbocycles. The maximum absolute atomic E-state index is 14.6. The number of aromatic nitrogens is 2. The van der Waals surface area contributed by atoms with Crippen molar-refractivity contribution in [1.82, 2.24) is 14.5 Å². The number of nitrogens with zero attached hydrogens (tertiary/aromatic N) is 3. The van der Waals surface area contributed by atoms with E-state index in [0.717, 1.165) is 37.1 Å². The lowest BCUT2D eigenvalue weighted by atomic mass is 9.96. The van der Waals surface area contributed by atoms with Gasteiger partial charge in [-0.05, 0) is 62.5 Å². The van der Waals surface area contributed by atoms with E-state index in [1.807, 2.05) is 13.0 Å². The molecule has 1 unspecified atom stereocenters. The summed E-state index contributed by atoms with van der Waals surface area (Å²) in [5, 5.41) is 0.717. The van der Waals surface area contributed by atoms with E-state index in [-0.39, 0.29) is 21.3 Å². The average Bonchev–Trinajstić information content (AvgIpc) is 3.22. The smallest absolute Gasteiger partial charge is 0.340 e. The molecule has 37 heavy (non-hydrogen) atoms. The van der Waals surface area contributed by atoms with Gasteiger partial charge in [0.1, 0.15) is 16.5 Å². The van der Waals surface area contributed by atoms with Crippen LogP contribution in [0.5, 0.6) is 0 Å². The number of rotatable bonds is 4. The topological polar surface area (TPSA) is 73.7 Å².